The Morgan fingerprint density at radius 2 is 1.73 bits per heavy atom. The van der Waals surface area contributed by atoms with E-state index in [1.807, 2.05) is 24.3 Å². The molecule has 0 spiro atoms. The van der Waals surface area contributed by atoms with Gasteiger partial charge in [0.1, 0.15) is 11.6 Å². The molecular formula is C23H23BrN4O2. The van der Waals surface area contributed by atoms with Crippen molar-refractivity contribution < 1.29 is 9.53 Å². The first-order chi connectivity index (χ1) is 14.6. The number of carbonyl (C=O) groups excluding carboxylic acids is 1. The van der Waals surface area contributed by atoms with Gasteiger partial charge in [-0.25, -0.2) is 9.78 Å². The molecule has 0 radical (unpaired) electrons. The average molecular weight is 467 g/mol. The number of ether oxygens (including phenoxy) is 1. The zero-order valence-electron chi connectivity index (χ0n) is 16.7. The van der Waals surface area contributed by atoms with Crippen molar-refractivity contribution in [1.82, 2.24) is 4.98 Å². The van der Waals surface area contributed by atoms with E-state index in [-0.39, 0.29) is 0 Å². The second kappa shape index (κ2) is 9.17. The van der Waals surface area contributed by atoms with E-state index in [4.69, 9.17) is 4.74 Å². The number of nitrogens with zero attached hydrogens (tertiary/aromatic N) is 3. The number of carbonyl (C=O) groups is 1. The van der Waals surface area contributed by atoms with Gasteiger partial charge in [0, 0.05) is 36.3 Å². The van der Waals surface area contributed by atoms with Crippen molar-refractivity contribution >= 4 is 39.2 Å². The zero-order chi connectivity index (χ0) is 20.9. The van der Waals surface area contributed by atoms with Crippen molar-refractivity contribution in [3.63, 3.8) is 0 Å². The van der Waals surface area contributed by atoms with Gasteiger partial charge >= 0.3 is 6.09 Å². The van der Waals surface area contributed by atoms with Crippen LogP contribution in [-0.2, 0) is 0 Å². The van der Waals surface area contributed by atoms with E-state index in [0.29, 0.717) is 11.4 Å². The summed E-state index contributed by atoms with van der Waals surface area (Å²) in [5.74, 6) is 1.39. The predicted octanol–water partition coefficient (Wildman–Crippen LogP) is 5.09. The van der Waals surface area contributed by atoms with Crippen molar-refractivity contribution in [2.45, 2.75) is 6.92 Å². The Balaban J connectivity index is 1.30. The van der Waals surface area contributed by atoms with Crippen LogP contribution in [0, 0.1) is 6.92 Å². The highest BCUT2D eigenvalue weighted by Crippen LogP contribution is 2.21. The Morgan fingerprint density at radius 1 is 1.00 bits per heavy atom. The zero-order valence-corrected chi connectivity index (χ0v) is 18.3. The first-order valence-electron chi connectivity index (χ1n) is 9.84. The van der Waals surface area contributed by atoms with Gasteiger partial charge in [-0.1, -0.05) is 28.1 Å². The fourth-order valence-corrected chi connectivity index (χ4v) is 3.68. The van der Waals surface area contributed by atoms with E-state index in [0.717, 1.165) is 36.5 Å². The number of rotatable bonds is 4. The molecule has 30 heavy (non-hydrogen) atoms. The van der Waals surface area contributed by atoms with Gasteiger partial charge in [0.2, 0.25) is 0 Å². The standard InChI is InChI=1S/C23H23BrN4O2/c1-17-3-2-4-20(15-17)27-11-13-28(14-12-27)22-10-7-19(16-25-22)26-23(29)30-21-8-5-18(24)6-9-21/h2-10,15-16H,11-14H2,1H3,(H,26,29). The molecular weight excluding hydrogens is 444 g/mol. The van der Waals surface area contributed by atoms with E-state index in [2.05, 4.69) is 67.2 Å². The topological polar surface area (TPSA) is 57.7 Å². The first-order valence-corrected chi connectivity index (χ1v) is 10.6. The summed E-state index contributed by atoms with van der Waals surface area (Å²) in [6.07, 6.45) is 1.11. The molecule has 0 saturated carbocycles. The Kier molecular flexibility index (Phi) is 6.18. The summed E-state index contributed by atoms with van der Waals surface area (Å²) in [6, 6.07) is 19.5. The maximum atomic E-state index is 12.1. The van der Waals surface area contributed by atoms with Crippen molar-refractivity contribution in [3.05, 3.63) is 76.9 Å². The van der Waals surface area contributed by atoms with E-state index < -0.39 is 6.09 Å². The quantitative estimate of drug-likeness (QED) is 0.580. The lowest BCUT2D eigenvalue weighted by Crippen LogP contribution is -2.46. The summed E-state index contributed by atoms with van der Waals surface area (Å²) >= 11 is 3.35. The highest BCUT2D eigenvalue weighted by Gasteiger charge is 2.18. The molecule has 6 nitrogen and oxygen atoms in total. The Hall–Kier alpha value is -3.06. The van der Waals surface area contributed by atoms with E-state index >= 15 is 0 Å². The van der Waals surface area contributed by atoms with Crippen LogP contribution >= 0.6 is 15.9 Å². The van der Waals surface area contributed by atoms with E-state index in [1.165, 1.54) is 11.3 Å². The molecule has 154 valence electrons. The molecule has 4 rings (SSSR count). The number of aryl methyl sites for hydroxylation is 1. The molecule has 1 N–H and O–H groups in total. The number of hydrogen-bond acceptors (Lipinski definition) is 5. The molecule has 2 aromatic carbocycles. The lowest BCUT2D eigenvalue weighted by Gasteiger charge is -2.36. The lowest BCUT2D eigenvalue weighted by atomic mass is 10.2. The Morgan fingerprint density at radius 3 is 2.40 bits per heavy atom. The molecule has 0 atom stereocenters. The third-order valence-corrected chi connectivity index (χ3v) is 5.52. The normalized spacial score (nSPS) is 13.8. The van der Waals surface area contributed by atoms with Crippen LogP contribution in [0.5, 0.6) is 5.75 Å². The number of benzene rings is 2. The molecule has 1 aliphatic rings. The number of piperazine rings is 1. The summed E-state index contributed by atoms with van der Waals surface area (Å²) in [5, 5.41) is 2.71. The number of nitrogens with one attached hydrogen (secondary N) is 1. The minimum Gasteiger partial charge on any atom is -0.410 e. The second-order valence-electron chi connectivity index (χ2n) is 7.19. The molecule has 1 aliphatic heterocycles. The van der Waals surface area contributed by atoms with Crippen LogP contribution in [0.3, 0.4) is 0 Å². The number of pyridine rings is 1. The van der Waals surface area contributed by atoms with Crippen LogP contribution in [0.25, 0.3) is 0 Å². The van der Waals surface area contributed by atoms with Crippen LogP contribution in [0.4, 0.5) is 22.0 Å². The molecule has 1 aromatic heterocycles. The number of halogens is 1. The van der Waals surface area contributed by atoms with Crippen LogP contribution in [-0.4, -0.2) is 37.3 Å². The fraction of sp³-hybridized carbons (Fsp3) is 0.217. The van der Waals surface area contributed by atoms with Gasteiger partial charge < -0.3 is 14.5 Å². The molecule has 1 amide bonds. The van der Waals surface area contributed by atoms with Crippen molar-refractivity contribution in [2.24, 2.45) is 0 Å². The highest BCUT2D eigenvalue weighted by atomic mass is 79.9. The minimum absolute atomic E-state index is 0.478. The molecule has 1 saturated heterocycles. The van der Waals surface area contributed by atoms with Gasteiger partial charge in [0.15, 0.2) is 0 Å². The maximum Gasteiger partial charge on any atom is 0.417 e. The molecule has 7 heteroatoms. The molecule has 3 aromatic rings. The molecule has 1 fully saturated rings. The van der Waals surface area contributed by atoms with E-state index in [1.54, 1.807) is 18.3 Å². The third kappa shape index (κ3) is 5.10. The molecule has 0 bridgehead atoms. The van der Waals surface area contributed by atoms with Crippen LogP contribution < -0.4 is 19.9 Å². The highest BCUT2D eigenvalue weighted by molar-refractivity contribution is 9.10. The van der Waals surface area contributed by atoms with Crippen molar-refractivity contribution in [2.75, 3.05) is 41.3 Å². The summed E-state index contributed by atoms with van der Waals surface area (Å²) in [6.45, 7) is 5.82. The van der Waals surface area contributed by atoms with Gasteiger partial charge in [-0.05, 0) is 61.0 Å². The SMILES string of the molecule is Cc1cccc(N2CCN(c3ccc(NC(=O)Oc4ccc(Br)cc4)cn3)CC2)c1. The Bertz CT molecular complexity index is 1000. The Labute approximate surface area is 184 Å². The van der Waals surface area contributed by atoms with Gasteiger partial charge in [0.05, 0.1) is 11.9 Å². The van der Waals surface area contributed by atoms with Gasteiger partial charge in [-0.3, -0.25) is 5.32 Å². The van der Waals surface area contributed by atoms with Gasteiger partial charge in [-0.15, -0.1) is 0 Å². The minimum atomic E-state index is -0.543. The average Bonchev–Trinajstić information content (AvgIpc) is 2.76. The van der Waals surface area contributed by atoms with Crippen molar-refractivity contribution in [1.29, 1.82) is 0 Å². The summed E-state index contributed by atoms with van der Waals surface area (Å²) < 4.78 is 6.19. The maximum absolute atomic E-state index is 12.1. The fourth-order valence-electron chi connectivity index (χ4n) is 3.42. The number of anilines is 3. The van der Waals surface area contributed by atoms with E-state index in [9.17, 15) is 4.79 Å². The number of aromatic nitrogens is 1. The molecule has 0 unspecified atom stereocenters. The second-order valence-corrected chi connectivity index (χ2v) is 8.10. The smallest absolute Gasteiger partial charge is 0.410 e. The monoisotopic (exact) mass is 466 g/mol. The predicted molar refractivity (Wildman–Crippen MR) is 124 cm³/mol. The van der Waals surface area contributed by atoms with Gasteiger partial charge in [-0.2, -0.15) is 0 Å². The molecule has 0 aliphatic carbocycles. The van der Waals surface area contributed by atoms with Crippen molar-refractivity contribution in [3.8, 4) is 5.75 Å². The molecule has 2 heterocycles. The third-order valence-electron chi connectivity index (χ3n) is 4.99. The number of hydrogen-bond donors (Lipinski definition) is 1. The van der Waals surface area contributed by atoms with Crippen LogP contribution in [0.1, 0.15) is 5.56 Å². The summed E-state index contributed by atoms with van der Waals surface area (Å²) in [7, 11) is 0. The summed E-state index contributed by atoms with van der Waals surface area (Å²) in [4.78, 5) is 21.2. The first kappa shape index (κ1) is 20.2. The number of amides is 1. The summed E-state index contributed by atoms with van der Waals surface area (Å²) in [5.41, 5.74) is 3.14. The van der Waals surface area contributed by atoms with Gasteiger partial charge in [0.25, 0.3) is 0 Å². The largest absolute Gasteiger partial charge is 0.417 e. The van der Waals surface area contributed by atoms with Crippen LogP contribution in [0.2, 0.25) is 0 Å². The van der Waals surface area contributed by atoms with Crippen LogP contribution in [0.15, 0.2) is 71.3 Å². The lowest BCUT2D eigenvalue weighted by molar-refractivity contribution is 0.215.